The number of rotatable bonds is 3. The third kappa shape index (κ3) is 5.48. The van der Waals surface area contributed by atoms with E-state index in [0.29, 0.717) is 22.9 Å². The molecule has 0 amide bonds. The van der Waals surface area contributed by atoms with E-state index in [2.05, 4.69) is 25.3 Å². The van der Waals surface area contributed by atoms with Crippen LogP contribution in [0.15, 0.2) is 23.3 Å². The maximum Gasteiger partial charge on any atom is 0.490 e. The molecule has 0 saturated heterocycles. The molecular weight excluding hydrogens is 367 g/mol. The molecule has 0 bridgehead atoms. The van der Waals surface area contributed by atoms with Crippen LogP contribution < -0.4 is 11.0 Å². The molecule has 0 spiro atoms. The van der Waals surface area contributed by atoms with Crippen LogP contribution in [0.4, 0.5) is 19.0 Å². The molecule has 0 aliphatic heterocycles. The first-order chi connectivity index (χ1) is 11.6. The average molecular weight is 380 g/mol. The van der Waals surface area contributed by atoms with Crippen molar-refractivity contribution < 1.29 is 23.1 Å². The Hall–Kier alpha value is -2.56. The lowest BCUT2D eigenvalue weighted by atomic mass is 9.80. The molecule has 0 atom stereocenters. The largest absolute Gasteiger partial charge is 0.490 e. The second-order valence-electron chi connectivity index (χ2n) is 5.21. The van der Waals surface area contributed by atoms with Gasteiger partial charge in [-0.2, -0.15) is 18.2 Å². The van der Waals surface area contributed by atoms with Crippen LogP contribution in [0.25, 0.3) is 0 Å². The molecule has 1 aliphatic carbocycles. The second kappa shape index (κ2) is 7.55. The number of imidazole rings is 1. The summed E-state index contributed by atoms with van der Waals surface area (Å²) in [6.45, 7) is 0. The molecule has 1 saturated carbocycles. The Morgan fingerprint density at radius 2 is 2.04 bits per heavy atom. The van der Waals surface area contributed by atoms with Gasteiger partial charge in [0, 0.05) is 30.4 Å². The van der Waals surface area contributed by atoms with E-state index in [4.69, 9.17) is 21.5 Å². The average Bonchev–Trinajstić information content (AvgIpc) is 2.94. The van der Waals surface area contributed by atoms with Crippen molar-refractivity contribution in [3.8, 4) is 0 Å². The fourth-order valence-corrected chi connectivity index (χ4v) is 2.35. The molecule has 2 heterocycles. The van der Waals surface area contributed by atoms with E-state index in [-0.39, 0.29) is 0 Å². The van der Waals surface area contributed by atoms with Crippen LogP contribution >= 0.6 is 11.6 Å². The van der Waals surface area contributed by atoms with Crippen molar-refractivity contribution in [2.45, 2.75) is 31.0 Å². The van der Waals surface area contributed by atoms with E-state index in [1.54, 1.807) is 12.3 Å². The van der Waals surface area contributed by atoms with Crippen LogP contribution in [0.5, 0.6) is 0 Å². The van der Waals surface area contributed by atoms with Gasteiger partial charge in [0.15, 0.2) is 0 Å². The van der Waals surface area contributed by atoms with E-state index < -0.39 is 17.8 Å². The Kier molecular flexibility index (Phi) is 5.67. The molecular formula is C13H13ClF3N5O3. The third-order valence-electron chi connectivity index (χ3n) is 3.35. The molecule has 25 heavy (non-hydrogen) atoms. The standard InChI is InChI=1S/C11H12ClN5O.C2HF3O2/c12-8-5-9(17-11(18)16-8)15-7-3-6(4-7)10-13-1-2-14-10;3-2(4,5)1(6)7/h1-2,5-7H,3-4H2,(H,13,14)(H2,15,16,17,18);(H,6,7). The maximum absolute atomic E-state index is 11.1. The first-order valence-electron chi connectivity index (χ1n) is 6.98. The topological polar surface area (TPSA) is 124 Å². The molecule has 1 aliphatic rings. The van der Waals surface area contributed by atoms with Gasteiger partial charge in [-0.1, -0.05) is 11.6 Å². The van der Waals surface area contributed by atoms with Crippen LogP contribution in [-0.2, 0) is 4.79 Å². The summed E-state index contributed by atoms with van der Waals surface area (Å²) in [4.78, 5) is 33.6. The molecule has 12 heteroatoms. The van der Waals surface area contributed by atoms with Crippen molar-refractivity contribution in [2.24, 2.45) is 0 Å². The Morgan fingerprint density at radius 3 is 2.52 bits per heavy atom. The van der Waals surface area contributed by atoms with Crippen molar-refractivity contribution in [1.29, 1.82) is 0 Å². The summed E-state index contributed by atoms with van der Waals surface area (Å²) in [5, 5.41) is 10.6. The van der Waals surface area contributed by atoms with Crippen molar-refractivity contribution in [3.05, 3.63) is 39.9 Å². The van der Waals surface area contributed by atoms with Crippen LogP contribution in [0, 0.1) is 0 Å². The van der Waals surface area contributed by atoms with Gasteiger partial charge in [-0.15, -0.1) is 0 Å². The first-order valence-corrected chi connectivity index (χ1v) is 7.35. The number of nitrogens with one attached hydrogen (secondary N) is 3. The van der Waals surface area contributed by atoms with Crippen LogP contribution in [-0.4, -0.2) is 43.2 Å². The predicted molar refractivity (Wildman–Crippen MR) is 81.5 cm³/mol. The van der Waals surface area contributed by atoms with Gasteiger partial charge in [-0.25, -0.2) is 14.6 Å². The number of carboxylic acids is 1. The highest BCUT2D eigenvalue weighted by atomic mass is 35.5. The summed E-state index contributed by atoms with van der Waals surface area (Å²) in [5.41, 5.74) is -0.438. The first kappa shape index (κ1) is 18.8. The van der Waals surface area contributed by atoms with Crippen molar-refractivity contribution in [2.75, 3.05) is 5.32 Å². The highest BCUT2D eigenvalue weighted by Gasteiger charge is 2.38. The Balaban J connectivity index is 0.000000277. The normalized spacial score (nSPS) is 19.4. The van der Waals surface area contributed by atoms with E-state index in [0.717, 1.165) is 18.7 Å². The molecule has 1 fully saturated rings. The zero-order valence-electron chi connectivity index (χ0n) is 12.5. The number of carboxylic acid groups (broad SMARTS) is 1. The lowest BCUT2D eigenvalue weighted by Gasteiger charge is -2.34. The Morgan fingerprint density at radius 1 is 1.40 bits per heavy atom. The Bertz CT molecular complexity index is 772. The number of anilines is 1. The number of aromatic nitrogens is 4. The number of alkyl halides is 3. The number of aromatic amines is 2. The van der Waals surface area contributed by atoms with Gasteiger partial charge in [0.05, 0.1) is 0 Å². The predicted octanol–water partition coefficient (Wildman–Crippen LogP) is 2.14. The van der Waals surface area contributed by atoms with Gasteiger partial charge in [-0.05, 0) is 12.8 Å². The maximum atomic E-state index is 11.1. The molecule has 136 valence electrons. The van der Waals surface area contributed by atoms with Crippen LogP contribution in [0.3, 0.4) is 0 Å². The Labute approximate surface area is 143 Å². The lowest BCUT2D eigenvalue weighted by molar-refractivity contribution is -0.192. The monoisotopic (exact) mass is 379 g/mol. The third-order valence-corrected chi connectivity index (χ3v) is 3.55. The molecule has 8 nitrogen and oxygen atoms in total. The van der Waals surface area contributed by atoms with E-state index in [1.807, 2.05) is 6.20 Å². The highest BCUT2D eigenvalue weighted by Crippen LogP contribution is 2.36. The summed E-state index contributed by atoms with van der Waals surface area (Å²) in [5.74, 6) is -0.765. The number of halogens is 4. The fourth-order valence-electron chi connectivity index (χ4n) is 2.17. The minimum atomic E-state index is -5.08. The van der Waals surface area contributed by atoms with Gasteiger partial charge >= 0.3 is 17.8 Å². The summed E-state index contributed by atoms with van der Waals surface area (Å²) in [7, 11) is 0. The number of nitrogens with zero attached hydrogens (tertiary/aromatic N) is 2. The highest BCUT2D eigenvalue weighted by molar-refractivity contribution is 6.29. The number of carbonyl (C=O) groups is 1. The zero-order valence-corrected chi connectivity index (χ0v) is 13.2. The lowest BCUT2D eigenvalue weighted by Crippen LogP contribution is -2.35. The van der Waals surface area contributed by atoms with Crippen molar-refractivity contribution >= 4 is 23.4 Å². The number of hydrogen-bond acceptors (Lipinski definition) is 5. The minimum Gasteiger partial charge on any atom is -0.475 e. The summed E-state index contributed by atoms with van der Waals surface area (Å²) < 4.78 is 31.7. The fraction of sp³-hybridized carbons (Fsp3) is 0.385. The van der Waals surface area contributed by atoms with Crippen molar-refractivity contribution in [1.82, 2.24) is 19.9 Å². The van der Waals surface area contributed by atoms with Crippen LogP contribution in [0.2, 0.25) is 5.15 Å². The van der Waals surface area contributed by atoms with Crippen molar-refractivity contribution in [3.63, 3.8) is 0 Å². The van der Waals surface area contributed by atoms with Gasteiger partial charge in [0.2, 0.25) is 0 Å². The van der Waals surface area contributed by atoms with Crippen LogP contribution in [0.1, 0.15) is 24.6 Å². The summed E-state index contributed by atoms with van der Waals surface area (Å²) in [6, 6.07) is 1.92. The number of hydrogen-bond donors (Lipinski definition) is 4. The number of H-pyrrole nitrogens is 2. The molecule has 3 rings (SSSR count). The molecule has 0 aromatic carbocycles. The zero-order chi connectivity index (χ0) is 18.6. The molecule has 2 aromatic rings. The second-order valence-corrected chi connectivity index (χ2v) is 5.61. The van der Waals surface area contributed by atoms with E-state index >= 15 is 0 Å². The molecule has 4 N–H and O–H groups in total. The van der Waals surface area contributed by atoms with Gasteiger partial charge in [0.25, 0.3) is 0 Å². The van der Waals surface area contributed by atoms with E-state index in [9.17, 15) is 18.0 Å². The summed E-state index contributed by atoms with van der Waals surface area (Å²) in [6.07, 6.45) is 0.446. The van der Waals surface area contributed by atoms with Gasteiger partial charge in [-0.3, -0.25) is 4.98 Å². The van der Waals surface area contributed by atoms with E-state index in [1.165, 1.54) is 0 Å². The van der Waals surface area contributed by atoms with Gasteiger partial charge in [0.1, 0.15) is 16.8 Å². The SMILES string of the molecule is O=C(O)C(F)(F)F.O=c1nc(NC2CC(c3ncc[nH]3)C2)cc(Cl)[nH]1. The smallest absolute Gasteiger partial charge is 0.475 e. The molecule has 0 radical (unpaired) electrons. The summed E-state index contributed by atoms with van der Waals surface area (Å²) >= 11 is 5.75. The minimum absolute atomic E-state index is 0.291. The van der Waals surface area contributed by atoms with Gasteiger partial charge < -0.3 is 15.4 Å². The molecule has 2 aromatic heterocycles. The number of aliphatic carboxylic acids is 1. The quantitative estimate of drug-likeness (QED) is 0.606. The molecule has 0 unspecified atom stereocenters.